The van der Waals surface area contributed by atoms with E-state index in [4.69, 9.17) is 21.9 Å². The van der Waals surface area contributed by atoms with Crippen molar-refractivity contribution in [1.82, 2.24) is 15.2 Å². The van der Waals surface area contributed by atoms with Crippen LogP contribution in [0.15, 0.2) is 34.9 Å². The van der Waals surface area contributed by atoms with Crippen LogP contribution < -0.4 is 11.3 Å². The summed E-state index contributed by atoms with van der Waals surface area (Å²) in [6.07, 6.45) is 2.38. The second kappa shape index (κ2) is 5.52. The first-order valence-corrected chi connectivity index (χ1v) is 7.10. The Morgan fingerprint density at radius 3 is 2.86 bits per heavy atom. The zero-order valence-electron chi connectivity index (χ0n) is 11.9. The summed E-state index contributed by atoms with van der Waals surface area (Å²) in [4.78, 5) is 0. The van der Waals surface area contributed by atoms with Crippen LogP contribution in [0.5, 0.6) is 0 Å². The van der Waals surface area contributed by atoms with Crippen LogP contribution in [-0.2, 0) is 13.5 Å². The molecule has 1 atom stereocenters. The van der Waals surface area contributed by atoms with Crippen LogP contribution in [-0.4, -0.2) is 9.78 Å². The Morgan fingerprint density at radius 1 is 1.43 bits per heavy atom. The number of nitrogens with one attached hydrogen (secondary N) is 1. The molecule has 2 heterocycles. The van der Waals surface area contributed by atoms with Gasteiger partial charge in [-0.3, -0.25) is 16.0 Å². The lowest BCUT2D eigenvalue weighted by Gasteiger charge is -2.15. The predicted molar refractivity (Wildman–Crippen MR) is 82.9 cm³/mol. The SMILES string of the molecule is Cc1nn(C)c(CC(NN)c2coc3ccccc23)c1Cl. The first-order valence-electron chi connectivity index (χ1n) is 6.72. The number of nitrogens with zero attached hydrogens (tertiary/aromatic N) is 2. The third kappa shape index (κ3) is 2.44. The summed E-state index contributed by atoms with van der Waals surface area (Å²) >= 11 is 6.32. The maximum Gasteiger partial charge on any atom is 0.134 e. The molecule has 3 rings (SSSR count). The van der Waals surface area contributed by atoms with E-state index in [9.17, 15) is 0 Å². The first kappa shape index (κ1) is 14.1. The van der Waals surface area contributed by atoms with Gasteiger partial charge in [-0.25, -0.2) is 0 Å². The fourth-order valence-corrected chi connectivity index (χ4v) is 2.86. The highest BCUT2D eigenvalue weighted by Gasteiger charge is 2.20. The molecule has 0 aliphatic rings. The molecule has 5 nitrogen and oxygen atoms in total. The van der Waals surface area contributed by atoms with E-state index in [-0.39, 0.29) is 6.04 Å². The highest BCUT2D eigenvalue weighted by atomic mass is 35.5. The summed E-state index contributed by atoms with van der Waals surface area (Å²) in [6, 6.07) is 7.79. The van der Waals surface area contributed by atoms with Crippen LogP contribution in [0.1, 0.15) is 23.0 Å². The van der Waals surface area contributed by atoms with E-state index in [1.807, 2.05) is 38.2 Å². The minimum Gasteiger partial charge on any atom is -0.464 e. The van der Waals surface area contributed by atoms with Gasteiger partial charge in [0.15, 0.2) is 0 Å². The third-order valence-electron chi connectivity index (χ3n) is 3.75. The fraction of sp³-hybridized carbons (Fsp3) is 0.267. The maximum absolute atomic E-state index is 6.32. The van der Waals surface area contributed by atoms with E-state index in [0.717, 1.165) is 27.9 Å². The van der Waals surface area contributed by atoms with E-state index in [1.165, 1.54) is 0 Å². The molecule has 0 radical (unpaired) electrons. The van der Waals surface area contributed by atoms with E-state index in [1.54, 1.807) is 10.9 Å². The summed E-state index contributed by atoms with van der Waals surface area (Å²) in [5, 5.41) is 6.07. The Bertz CT molecular complexity index is 777. The number of nitrogens with two attached hydrogens (primary N) is 1. The number of aryl methyl sites for hydroxylation is 2. The third-order valence-corrected chi connectivity index (χ3v) is 4.24. The molecule has 6 heteroatoms. The van der Waals surface area contributed by atoms with Gasteiger partial charge in [-0.2, -0.15) is 5.10 Å². The number of aromatic nitrogens is 2. The van der Waals surface area contributed by atoms with E-state index in [2.05, 4.69) is 10.5 Å². The fourth-order valence-electron chi connectivity index (χ4n) is 2.62. The van der Waals surface area contributed by atoms with Crippen molar-refractivity contribution in [3.05, 3.63) is 52.5 Å². The van der Waals surface area contributed by atoms with Gasteiger partial charge in [-0.1, -0.05) is 29.8 Å². The average molecular weight is 305 g/mol. The Hall–Kier alpha value is -1.82. The molecule has 0 fully saturated rings. The van der Waals surface area contributed by atoms with Crippen molar-refractivity contribution in [2.75, 3.05) is 0 Å². The van der Waals surface area contributed by atoms with E-state index < -0.39 is 0 Å². The van der Waals surface area contributed by atoms with Gasteiger partial charge >= 0.3 is 0 Å². The van der Waals surface area contributed by atoms with Crippen LogP contribution in [0, 0.1) is 6.92 Å². The van der Waals surface area contributed by atoms with Crippen LogP contribution in [0.3, 0.4) is 0 Å². The molecule has 3 aromatic rings. The molecule has 3 N–H and O–H groups in total. The summed E-state index contributed by atoms with van der Waals surface area (Å²) in [6.45, 7) is 1.89. The van der Waals surface area contributed by atoms with Crippen molar-refractivity contribution >= 4 is 22.6 Å². The Balaban J connectivity index is 1.99. The average Bonchev–Trinajstić information content (AvgIpc) is 3.00. The lowest BCUT2D eigenvalue weighted by atomic mass is 10.0. The zero-order valence-corrected chi connectivity index (χ0v) is 12.7. The minimum absolute atomic E-state index is 0.0963. The van der Waals surface area contributed by atoms with E-state index in [0.29, 0.717) is 11.4 Å². The highest BCUT2D eigenvalue weighted by molar-refractivity contribution is 6.31. The molecule has 2 aromatic heterocycles. The number of benzene rings is 1. The molecule has 0 aliphatic carbocycles. The van der Waals surface area contributed by atoms with Gasteiger partial charge in [0.1, 0.15) is 5.58 Å². The number of hydrogen-bond donors (Lipinski definition) is 2. The monoisotopic (exact) mass is 304 g/mol. The number of fused-ring (bicyclic) bond motifs is 1. The lowest BCUT2D eigenvalue weighted by Crippen LogP contribution is -2.30. The number of hydrogen-bond acceptors (Lipinski definition) is 4. The quantitative estimate of drug-likeness (QED) is 0.574. The molecule has 110 valence electrons. The van der Waals surface area contributed by atoms with E-state index >= 15 is 0 Å². The molecule has 0 aliphatic heterocycles. The van der Waals surface area contributed by atoms with Crippen molar-refractivity contribution in [3.8, 4) is 0 Å². The topological polar surface area (TPSA) is 69.0 Å². The molecule has 1 aromatic carbocycles. The molecule has 0 spiro atoms. The normalized spacial score (nSPS) is 13.0. The molecule has 1 unspecified atom stereocenters. The molecular formula is C15H17ClN4O. The van der Waals surface area contributed by atoms with Gasteiger partial charge in [-0.05, 0) is 13.0 Å². The summed E-state index contributed by atoms with van der Waals surface area (Å²) in [5.74, 6) is 5.75. The number of hydrazine groups is 1. The Labute approximate surface area is 127 Å². The maximum atomic E-state index is 6.32. The second-order valence-corrected chi connectivity index (χ2v) is 5.46. The Morgan fingerprint density at radius 2 is 2.19 bits per heavy atom. The zero-order chi connectivity index (χ0) is 15.0. The summed E-state index contributed by atoms with van der Waals surface area (Å²) in [5.41, 5.74) is 6.48. The smallest absolute Gasteiger partial charge is 0.134 e. The second-order valence-electron chi connectivity index (χ2n) is 5.08. The number of halogens is 1. The van der Waals surface area contributed by atoms with Gasteiger partial charge in [0.2, 0.25) is 0 Å². The van der Waals surface area contributed by atoms with Gasteiger partial charge in [-0.15, -0.1) is 0 Å². The predicted octanol–water partition coefficient (Wildman–Crippen LogP) is 2.88. The largest absolute Gasteiger partial charge is 0.464 e. The molecule has 21 heavy (non-hydrogen) atoms. The summed E-state index contributed by atoms with van der Waals surface area (Å²) in [7, 11) is 1.88. The van der Waals surface area contributed by atoms with Gasteiger partial charge in [0, 0.05) is 24.4 Å². The van der Waals surface area contributed by atoms with Crippen LogP contribution in [0.2, 0.25) is 5.02 Å². The Kier molecular flexibility index (Phi) is 3.71. The van der Waals surface area contributed by atoms with Crippen molar-refractivity contribution < 1.29 is 4.42 Å². The van der Waals surface area contributed by atoms with Crippen LogP contribution in [0.25, 0.3) is 11.0 Å². The number of rotatable bonds is 4. The van der Waals surface area contributed by atoms with Gasteiger partial charge in [0.05, 0.1) is 28.7 Å². The number of furan rings is 1. The lowest BCUT2D eigenvalue weighted by molar-refractivity contribution is 0.520. The van der Waals surface area contributed by atoms with Gasteiger partial charge < -0.3 is 4.42 Å². The van der Waals surface area contributed by atoms with Crippen molar-refractivity contribution in [3.63, 3.8) is 0 Å². The molecular weight excluding hydrogens is 288 g/mol. The van der Waals surface area contributed by atoms with Crippen molar-refractivity contribution in [2.45, 2.75) is 19.4 Å². The highest BCUT2D eigenvalue weighted by Crippen LogP contribution is 2.30. The molecule has 0 saturated carbocycles. The minimum atomic E-state index is -0.0963. The summed E-state index contributed by atoms with van der Waals surface area (Å²) < 4.78 is 7.38. The van der Waals surface area contributed by atoms with Crippen molar-refractivity contribution in [2.24, 2.45) is 12.9 Å². The first-order chi connectivity index (χ1) is 10.1. The molecule has 0 saturated heterocycles. The van der Waals surface area contributed by atoms with Gasteiger partial charge in [0.25, 0.3) is 0 Å². The molecule has 0 bridgehead atoms. The van der Waals surface area contributed by atoms with Crippen LogP contribution >= 0.6 is 11.6 Å². The standard InChI is InChI=1S/C15H17ClN4O/c1-9-15(16)13(20(2)19-9)7-12(18-17)11-8-21-14-6-4-3-5-10(11)14/h3-6,8,12,18H,7,17H2,1-2H3. The van der Waals surface area contributed by atoms with Crippen molar-refractivity contribution in [1.29, 1.82) is 0 Å². The number of para-hydroxylation sites is 1. The molecule has 0 amide bonds. The van der Waals surface area contributed by atoms with Crippen LogP contribution in [0.4, 0.5) is 0 Å².